The molecule has 0 saturated heterocycles. The second-order valence-electron chi connectivity index (χ2n) is 5.69. The molecule has 0 spiro atoms. The van der Waals surface area contributed by atoms with E-state index in [4.69, 9.17) is 9.78 Å². The zero-order valence-corrected chi connectivity index (χ0v) is 14.3. The lowest BCUT2D eigenvalue weighted by Gasteiger charge is -2.19. The van der Waals surface area contributed by atoms with Crippen LogP contribution in [0.3, 0.4) is 0 Å². The van der Waals surface area contributed by atoms with Gasteiger partial charge in [0.25, 0.3) is 5.91 Å². The molecule has 6 nitrogen and oxygen atoms in total. The summed E-state index contributed by atoms with van der Waals surface area (Å²) in [6, 6.07) is 14.6. The van der Waals surface area contributed by atoms with Gasteiger partial charge in [0.15, 0.2) is 0 Å². The standard InChI is InChI=1S/C20H15FN4O2/c1-2-8-25(20(26)16-9-14(12-22)10-17(21)11-16)13-18-23-19(24-27-18)15-6-4-3-5-7-15/h2-7,9-11H,1,8,13H2. The number of halogens is 1. The van der Waals surface area contributed by atoms with Gasteiger partial charge in [-0.1, -0.05) is 41.6 Å². The predicted molar refractivity (Wildman–Crippen MR) is 95.8 cm³/mol. The smallest absolute Gasteiger partial charge is 0.254 e. The Bertz CT molecular complexity index is 1010. The summed E-state index contributed by atoms with van der Waals surface area (Å²) in [6.07, 6.45) is 1.54. The number of rotatable bonds is 6. The summed E-state index contributed by atoms with van der Waals surface area (Å²) in [5.41, 5.74) is 0.926. The summed E-state index contributed by atoms with van der Waals surface area (Å²) in [5, 5.41) is 12.9. The van der Waals surface area contributed by atoms with Gasteiger partial charge in [-0.25, -0.2) is 4.39 Å². The van der Waals surface area contributed by atoms with Crippen molar-refractivity contribution in [2.24, 2.45) is 0 Å². The second-order valence-corrected chi connectivity index (χ2v) is 5.69. The fourth-order valence-electron chi connectivity index (χ4n) is 2.52. The van der Waals surface area contributed by atoms with Crippen LogP contribution in [0, 0.1) is 17.1 Å². The highest BCUT2D eigenvalue weighted by Gasteiger charge is 2.20. The van der Waals surface area contributed by atoms with Crippen molar-refractivity contribution in [3.05, 3.63) is 84.0 Å². The molecule has 7 heteroatoms. The third kappa shape index (κ3) is 4.25. The zero-order chi connectivity index (χ0) is 19.2. The molecule has 0 N–H and O–H groups in total. The zero-order valence-electron chi connectivity index (χ0n) is 14.3. The van der Waals surface area contributed by atoms with Gasteiger partial charge < -0.3 is 9.42 Å². The number of hydrogen-bond donors (Lipinski definition) is 0. The van der Waals surface area contributed by atoms with E-state index in [0.717, 1.165) is 17.7 Å². The van der Waals surface area contributed by atoms with Crippen molar-refractivity contribution in [1.82, 2.24) is 15.0 Å². The summed E-state index contributed by atoms with van der Waals surface area (Å²) in [6.45, 7) is 3.86. The average molecular weight is 362 g/mol. The number of carbonyl (C=O) groups is 1. The van der Waals surface area contributed by atoms with Crippen molar-refractivity contribution in [3.8, 4) is 17.5 Å². The molecule has 1 amide bonds. The molecule has 2 aromatic carbocycles. The van der Waals surface area contributed by atoms with Crippen LogP contribution >= 0.6 is 0 Å². The van der Waals surface area contributed by atoms with E-state index in [-0.39, 0.29) is 30.1 Å². The molecule has 0 saturated carbocycles. The molecule has 3 rings (SSSR count). The number of nitriles is 1. The quantitative estimate of drug-likeness (QED) is 0.626. The van der Waals surface area contributed by atoms with Crippen molar-refractivity contribution in [2.75, 3.05) is 6.54 Å². The molecule has 0 aliphatic rings. The van der Waals surface area contributed by atoms with Gasteiger partial charge in [-0.3, -0.25) is 4.79 Å². The molecular formula is C20H15FN4O2. The van der Waals surface area contributed by atoms with Gasteiger partial charge >= 0.3 is 0 Å². The van der Waals surface area contributed by atoms with Gasteiger partial charge in [-0.05, 0) is 18.2 Å². The van der Waals surface area contributed by atoms with Crippen LogP contribution in [-0.4, -0.2) is 27.5 Å². The first-order chi connectivity index (χ1) is 13.1. The van der Waals surface area contributed by atoms with Crippen LogP contribution in [0.25, 0.3) is 11.4 Å². The van der Waals surface area contributed by atoms with E-state index in [1.165, 1.54) is 17.0 Å². The molecule has 0 aliphatic carbocycles. The highest BCUT2D eigenvalue weighted by molar-refractivity contribution is 5.94. The fraction of sp³-hybridized carbons (Fsp3) is 0.100. The fourth-order valence-corrected chi connectivity index (χ4v) is 2.52. The Balaban J connectivity index is 1.83. The number of aromatic nitrogens is 2. The van der Waals surface area contributed by atoms with E-state index >= 15 is 0 Å². The van der Waals surface area contributed by atoms with Crippen LogP contribution in [-0.2, 0) is 6.54 Å². The van der Waals surface area contributed by atoms with Crippen LogP contribution in [0.15, 0.2) is 65.7 Å². The molecule has 1 heterocycles. The lowest BCUT2D eigenvalue weighted by Crippen LogP contribution is -2.31. The van der Waals surface area contributed by atoms with Crippen molar-refractivity contribution >= 4 is 5.91 Å². The van der Waals surface area contributed by atoms with Gasteiger partial charge in [0.2, 0.25) is 11.7 Å². The highest BCUT2D eigenvalue weighted by atomic mass is 19.1. The van der Waals surface area contributed by atoms with E-state index in [9.17, 15) is 9.18 Å². The molecule has 0 atom stereocenters. The third-order valence-electron chi connectivity index (χ3n) is 3.74. The first-order valence-electron chi connectivity index (χ1n) is 8.09. The minimum absolute atomic E-state index is 0.0308. The Morgan fingerprint density at radius 1 is 1.30 bits per heavy atom. The molecule has 0 aliphatic heterocycles. The van der Waals surface area contributed by atoms with Gasteiger partial charge in [-0.15, -0.1) is 6.58 Å². The Kier molecular flexibility index (Phi) is 5.38. The number of carbonyl (C=O) groups excluding carboxylic acids is 1. The summed E-state index contributed by atoms with van der Waals surface area (Å²) >= 11 is 0. The molecular weight excluding hydrogens is 347 g/mol. The largest absolute Gasteiger partial charge is 0.337 e. The van der Waals surface area contributed by atoms with Gasteiger partial charge in [0.05, 0.1) is 11.6 Å². The Morgan fingerprint density at radius 3 is 2.78 bits per heavy atom. The van der Waals surface area contributed by atoms with Crippen LogP contribution < -0.4 is 0 Å². The maximum atomic E-state index is 13.7. The van der Waals surface area contributed by atoms with E-state index in [1.54, 1.807) is 0 Å². The normalized spacial score (nSPS) is 10.2. The van der Waals surface area contributed by atoms with E-state index in [1.807, 2.05) is 36.4 Å². The topological polar surface area (TPSA) is 83.0 Å². The van der Waals surface area contributed by atoms with Crippen LogP contribution in [0.1, 0.15) is 21.8 Å². The lowest BCUT2D eigenvalue weighted by molar-refractivity contribution is 0.0745. The number of nitrogens with zero attached hydrogens (tertiary/aromatic N) is 4. The summed E-state index contributed by atoms with van der Waals surface area (Å²) in [7, 11) is 0. The second kappa shape index (κ2) is 8.06. The van der Waals surface area contributed by atoms with E-state index < -0.39 is 11.7 Å². The minimum atomic E-state index is -0.653. The Morgan fingerprint density at radius 2 is 2.07 bits per heavy atom. The van der Waals surface area contributed by atoms with E-state index in [2.05, 4.69) is 16.7 Å². The predicted octanol–water partition coefficient (Wildman–Crippen LogP) is 3.58. The van der Waals surface area contributed by atoms with E-state index in [0.29, 0.717) is 5.82 Å². The number of hydrogen-bond acceptors (Lipinski definition) is 5. The summed E-state index contributed by atoms with van der Waals surface area (Å²) in [5.74, 6) is -0.472. The van der Waals surface area contributed by atoms with Crippen LogP contribution in [0.4, 0.5) is 4.39 Å². The van der Waals surface area contributed by atoms with Crippen molar-refractivity contribution in [3.63, 3.8) is 0 Å². The monoisotopic (exact) mass is 362 g/mol. The van der Waals surface area contributed by atoms with Crippen molar-refractivity contribution < 1.29 is 13.7 Å². The van der Waals surface area contributed by atoms with Crippen molar-refractivity contribution in [1.29, 1.82) is 5.26 Å². The molecule has 27 heavy (non-hydrogen) atoms. The number of benzene rings is 2. The third-order valence-corrected chi connectivity index (χ3v) is 3.74. The molecule has 0 radical (unpaired) electrons. The Hall–Kier alpha value is -3.79. The van der Waals surface area contributed by atoms with Crippen molar-refractivity contribution in [2.45, 2.75) is 6.54 Å². The maximum absolute atomic E-state index is 13.7. The molecule has 1 aromatic heterocycles. The molecule has 0 bridgehead atoms. The first-order valence-corrected chi connectivity index (χ1v) is 8.09. The summed E-state index contributed by atoms with van der Waals surface area (Å²) < 4.78 is 18.9. The maximum Gasteiger partial charge on any atom is 0.254 e. The first kappa shape index (κ1) is 18.0. The minimum Gasteiger partial charge on any atom is -0.337 e. The van der Waals surface area contributed by atoms with Gasteiger partial charge in [0, 0.05) is 17.7 Å². The number of amides is 1. The highest BCUT2D eigenvalue weighted by Crippen LogP contribution is 2.17. The average Bonchev–Trinajstić information content (AvgIpc) is 3.16. The molecule has 0 fully saturated rings. The van der Waals surface area contributed by atoms with Gasteiger partial charge in [0.1, 0.15) is 12.4 Å². The van der Waals surface area contributed by atoms with Crippen LogP contribution in [0.5, 0.6) is 0 Å². The lowest BCUT2D eigenvalue weighted by atomic mass is 10.1. The molecule has 0 unspecified atom stereocenters. The SMILES string of the molecule is C=CCN(Cc1nc(-c2ccccc2)no1)C(=O)c1cc(F)cc(C#N)c1. The Labute approximate surface area is 155 Å². The van der Waals surface area contributed by atoms with Crippen LogP contribution in [0.2, 0.25) is 0 Å². The summed E-state index contributed by atoms with van der Waals surface area (Å²) in [4.78, 5) is 18.4. The molecule has 3 aromatic rings. The molecule has 134 valence electrons. The van der Waals surface area contributed by atoms with Gasteiger partial charge in [-0.2, -0.15) is 10.2 Å².